The molecule has 0 spiro atoms. The fourth-order valence-electron chi connectivity index (χ4n) is 1.76. The molecular formula is C12H24O3. The maximum absolute atomic E-state index is 10.8. The Bertz CT molecular complexity index is 168. The highest BCUT2D eigenvalue weighted by Crippen LogP contribution is 2.19. The van der Waals surface area contributed by atoms with Gasteiger partial charge in [-0.15, -0.1) is 0 Å². The quantitative estimate of drug-likeness (QED) is 0.634. The third-order valence-corrected chi connectivity index (χ3v) is 2.67. The molecule has 0 saturated carbocycles. The van der Waals surface area contributed by atoms with Gasteiger partial charge in [0.25, 0.3) is 0 Å². The largest absolute Gasteiger partial charge is 0.461 e. The first-order valence-electron chi connectivity index (χ1n) is 5.94. The van der Waals surface area contributed by atoms with Crippen molar-refractivity contribution in [2.75, 3.05) is 6.61 Å². The van der Waals surface area contributed by atoms with Crippen molar-refractivity contribution in [2.45, 2.75) is 59.0 Å². The number of ether oxygens (including phenoxy) is 1. The molecule has 0 aliphatic heterocycles. The molecule has 0 amide bonds. The Labute approximate surface area is 92.8 Å². The van der Waals surface area contributed by atoms with Crippen LogP contribution >= 0.6 is 0 Å². The van der Waals surface area contributed by atoms with Crippen LogP contribution in [-0.4, -0.2) is 23.8 Å². The molecule has 2 atom stereocenters. The summed E-state index contributed by atoms with van der Waals surface area (Å²) in [5.41, 5.74) is 0. The predicted octanol–water partition coefficient (Wildman–Crippen LogP) is 2.52. The topological polar surface area (TPSA) is 46.5 Å². The second kappa shape index (κ2) is 8.72. The van der Waals surface area contributed by atoms with Gasteiger partial charge in [0.15, 0.2) is 0 Å². The standard InChI is InChI=1S/C12H24O3/c1-4-6-7-11(5-2)8-10(3)15-12(14)9-13/h10-11,13H,4-9H2,1-3H3. The van der Waals surface area contributed by atoms with Gasteiger partial charge >= 0.3 is 5.97 Å². The first-order chi connectivity index (χ1) is 7.13. The van der Waals surface area contributed by atoms with E-state index < -0.39 is 12.6 Å². The number of rotatable bonds is 8. The van der Waals surface area contributed by atoms with Crippen molar-refractivity contribution >= 4 is 5.97 Å². The van der Waals surface area contributed by atoms with E-state index in [4.69, 9.17) is 9.84 Å². The lowest BCUT2D eigenvalue weighted by atomic mass is 9.93. The Morgan fingerprint density at radius 1 is 1.40 bits per heavy atom. The van der Waals surface area contributed by atoms with Crippen molar-refractivity contribution < 1.29 is 14.6 Å². The van der Waals surface area contributed by atoms with Crippen molar-refractivity contribution in [3.63, 3.8) is 0 Å². The minimum absolute atomic E-state index is 0.0774. The summed E-state index contributed by atoms with van der Waals surface area (Å²) in [4.78, 5) is 10.8. The summed E-state index contributed by atoms with van der Waals surface area (Å²) in [6.45, 7) is 5.72. The van der Waals surface area contributed by atoms with Gasteiger partial charge in [-0.2, -0.15) is 0 Å². The van der Waals surface area contributed by atoms with E-state index in [2.05, 4.69) is 13.8 Å². The Hall–Kier alpha value is -0.570. The summed E-state index contributed by atoms with van der Waals surface area (Å²) < 4.78 is 5.02. The number of hydrogen-bond donors (Lipinski definition) is 1. The fraction of sp³-hybridized carbons (Fsp3) is 0.917. The van der Waals surface area contributed by atoms with Gasteiger partial charge < -0.3 is 9.84 Å². The highest BCUT2D eigenvalue weighted by Gasteiger charge is 2.14. The minimum Gasteiger partial charge on any atom is -0.461 e. The second-order valence-electron chi connectivity index (χ2n) is 4.11. The van der Waals surface area contributed by atoms with Crippen molar-refractivity contribution in [1.29, 1.82) is 0 Å². The fourth-order valence-corrected chi connectivity index (χ4v) is 1.76. The highest BCUT2D eigenvalue weighted by atomic mass is 16.6. The van der Waals surface area contributed by atoms with Crippen molar-refractivity contribution in [2.24, 2.45) is 5.92 Å². The number of hydrogen-bond acceptors (Lipinski definition) is 3. The Kier molecular flexibility index (Phi) is 8.38. The second-order valence-corrected chi connectivity index (χ2v) is 4.11. The Balaban J connectivity index is 3.79. The summed E-state index contributed by atoms with van der Waals surface area (Å²) in [5.74, 6) is 0.110. The van der Waals surface area contributed by atoms with Gasteiger partial charge in [-0.25, -0.2) is 4.79 Å². The maximum Gasteiger partial charge on any atom is 0.332 e. The Morgan fingerprint density at radius 2 is 2.07 bits per heavy atom. The van der Waals surface area contributed by atoms with Crippen molar-refractivity contribution in [3.05, 3.63) is 0 Å². The summed E-state index contributed by atoms with van der Waals surface area (Å²) in [6.07, 6.45) is 5.60. The van der Waals surface area contributed by atoms with Gasteiger partial charge in [0.05, 0.1) is 6.10 Å². The van der Waals surface area contributed by atoms with Crippen LogP contribution < -0.4 is 0 Å². The number of aliphatic hydroxyl groups is 1. The molecular weight excluding hydrogens is 192 g/mol. The molecule has 2 unspecified atom stereocenters. The molecule has 3 nitrogen and oxygen atoms in total. The predicted molar refractivity (Wildman–Crippen MR) is 60.6 cm³/mol. The molecule has 0 saturated heterocycles. The number of esters is 1. The molecule has 0 bridgehead atoms. The molecule has 0 fully saturated rings. The van der Waals surface area contributed by atoms with E-state index in [0.717, 1.165) is 12.8 Å². The number of carbonyl (C=O) groups is 1. The molecule has 0 aromatic carbocycles. The van der Waals surface area contributed by atoms with E-state index >= 15 is 0 Å². The number of carbonyl (C=O) groups excluding carboxylic acids is 1. The van der Waals surface area contributed by atoms with Crippen molar-refractivity contribution in [1.82, 2.24) is 0 Å². The molecule has 0 heterocycles. The summed E-state index contributed by atoms with van der Waals surface area (Å²) in [7, 11) is 0. The lowest BCUT2D eigenvalue weighted by Crippen LogP contribution is -2.20. The zero-order valence-electron chi connectivity index (χ0n) is 10.2. The van der Waals surface area contributed by atoms with E-state index in [1.165, 1.54) is 19.3 Å². The lowest BCUT2D eigenvalue weighted by molar-refractivity contribution is -0.152. The molecule has 0 aliphatic carbocycles. The lowest BCUT2D eigenvalue weighted by Gasteiger charge is -2.19. The van der Waals surface area contributed by atoms with Crippen LogP contribution in [0.4, 0.5) is 0 Å². The molecule has 0 aromatic rings. The Morgan fingerprint density at radius 3 is 2.53 bits per heavy atom. The van der Waals surface area contributed by atoms with E-state index in [1.807, 2.05) is 6.92 Å². The highest BCUT2D eigenvalue weighted by molar-refractivity contribution is 5.70. The third kappa shape index (κ3) is 7.37. The van der Waals surface area contributed by atoms with Crippen LogP contribution in [0.3, 0.4) is 0 Å². The molecule has 0 aromatic heterocycles. The SMILES string of the molecule is CCCCC(CC)CC(C)OC(=O)CO. The van der Waals surface area contributed by atoms with Gasteiger partial charge in [-0.3, -0.25) is 0 Å². The molecule has 0 rings (SSSR count). The van der Waals surface area contributed by atoms with Crippen LogP contribution in [-0.2, 0) is 9.53 Å². The van der Waals surface area contributed by atoms with Gasteiger partial charge in [-0.1, -0.05) is 39.5 Å². The zero-order valence-corrected chi connectivity index (χ0v) is 10.2. The number of unbranched alkanes of at least 4 members (excludes halogenated alkanes) is 1. The molecule has 0 radical (unpaired) electrons. The van der Waals surface area contributed by atoms with Gasteiger partial charge in [0.1, 0.15) is 6.61 Å². The van der Waals surface area contributed by atoms with E-state index in [-0.39, 0.29) is 6.10 Å². The van der Waals surface area contributed by atoms with Crippen LogP contribution in [0.15, 0.2) is 0 Å². The summed E-state index contributed by atoms with van der Waals surface area (Å²) in [5, 5.41) is 8.54. The third-order valence-electron chi connectivity index (χ3n) is 2.67. The van der Waals surface area contributed by atoms with Crippen LogP contribution in [0, 0.1) is 5.92 Å². The van der Waals surface area contributed by atoms with E-state index in [9.17, 15) is 4.79 Å². The van der Waals surface area contributed by atoms with Gasteiger partial charge in [0.2, 0.25) is 0 Å². The number of aliphatic hydroxyl groups excluding tert-OH is 1. The summed E-state index contributed by atoms with van der Waals surface area (Å²) >= 11 is 0. The van der Waals surface area contributed by atoms with Crippen LogP contribution in [0.1, 0.15) is 52.9 Å². The molecule has 3 heteroatoms. The first-order valence-corrected chi connectivity index (χ1v) is 5.94. The summed E-state index contributed by atoms with van der Waals surface area (Å²) in [6, 6.07) is 0. The average Bonchev–Trinajstić information content (AvgIpc) is 2.23. The molecule has 0 aliphatic rings. The zero-order chi connectivity index (χ0) is 11.7. The first kappa shape index (κ1) is 14.4. The van der Waals surface area contributed by atoms with Crippen LogP contribution in [0.2, 0.25) is 0 Å². The average molecular weight is 216 g/mol. The molecule has 15 heavy (non-hydrogen) atoms. The maximum atomic E-state index is 10.8. The molecule has 1 N–H and O–H groups in total. The van der Waals surface area contributed by atoms with Gasteiger partial charge in [0, 0.05) is 0 Å². The van der Waals surface area contributed by atoms with Crippen LogP contribution in [0.25, 0.3) is 0 Å². The van der Waals surface area contributed by atoms with Crippen molar-refractivity contribution in [3.8, 4) is 0 Å². The van der Waals surface area contributed by atoms with Crippen LogP contribution in [0.5, 0.6) is 0 Å². The minimum atomic E-state index is -0.521. The van der Waals surface area contributed by atoms with E-state index in [0.29, 0.717) is 5.92 Å². The normalized spacial score (nSPS) is 14.7. The monoisotopic (exact) mass is 216 g/mol. The molecule has 90 valence electrons. The van der Waals surface area contributed by atoms with E-state index in [1.54, 1.807) is 0 Å². The smallest absolute Gasteiger partial charge is 0.332 e. The van der Waals surface area contributed by atoms with Gasteiger partial charge in [-0.05, 0) is 19.3 Å².